The first-order valence-electron chi connectivity index (χ1n) is 7.90. The molecular weight excluding hydrogens is 300 g/mol. The van der Waals surface area contributed by atoms with Gasteiger partial charge in [0.25, 0.3) is 11.8 Å². The molecule has 0 aromatic carbocycles. The number of imide groups is 1. The maximum Gasteiger partial charge on any atom is 0.254 e. The van der Waals surface area contributed by atoms with Gasteiger partial charge < -0.3 is 4.90 Å². The van der Waals surface area contributed by atoms with E-state index >= 15 is 0 Å². The largest absolute Gasteiger partial charge is 0.342 e. The van der Waals surface area contributed by atoms with Gasteiger partial charge in [-0.1, -0.05) is 0 Å². The Morgan fingerprint density at radius 2 is 1.83 bits per heavy atom. The van der Waals surface area contributed by atoms with Gasteiger partial charge in [0.15, 0.2) is 0 Å². The average molecular weight is 322 g/mol. The van der Waals surface area contributed by atoms with Crippen molar-refractivity contribution in [3.05, 3.63) is 12.2 Å². The first-order chi connectivity index (χ1) is 11.0. The van der Waals surface area contributed by atoms with Gasteiger partial charge in [-0.25, -0.2) is 0 Å². The number of hydroxylamine groups is 2. The highest BCUT2D eigenvalue weighted by Crippen LogP contribution is 2.28. The van der Waals surface area contributed by atoms with E-state index in [0.29, 0.717) is 18.7 Å². The molecule has 0 aromatic rings. The van der Waals surface area contributed by atoms with E-state index in [2.05, 4.69) is 0 Å². The number of nitrogens with zero attached hydrogens (tertiary/aromatic N) is 2. The molecule has 2 rings (SSSR count). The molecule has 0 N–H and O–H groups in total. The first kappa shape index (κ1) is 17.3. The summed E-state index contributed by atoms with van der Waals surface area (Å²) in [5, 5.41) is 0.921. The van der Waals surface area contributed by atoms with Gasteiger partial charge in [0.2, 0.25) is 5.91 Å². The summed E-state index contributed by atoms with van der Waals surface area (Å²) in [5.74, 6) is -0.351. The van der Waals surface area contributed by atoms with Crippen molar-refractivity contribution < 1.29 is 24.0 Å². The van der Waals surface area contributed by atoms with Crippen LogP contribution in [-0.2, 0) is 24.0 Å². The molecule has 1 heterocycles. The Labute approximate surface area is 135 Å². The normalized spacial score (nSPS) is 25.2. The molecule has 2 fully saturated rings. The van der Waals surface area contributed by atoms with Crippen LogP contribution in [0.2, 0.25) is 0 Å². The van der Waals surface area contributed by atoms with E-state index in [1.54, 1.807) is 11.9 Å². The maximum absolute atomic E-state index is 11.7. The van der Waals surface area contributed by atoms with Gasteiger partial charge in [-0.15, -0.1) is 0 Å². The lowest BCUT2D eigenvalue weighted by Gasteiger charge is -2.32. The monoisotopic (exact) mass is 322 g/mol. The van der Waals surface area contributed by atoms with Gasteiger partial charge in [0.05, 0.1) is 6.10 Å². The molecule has 1 aliphatic heterocycles. The second-order valence-corrected chi connectivity index (χ2v) is 6.04. The van der Waals surface area contributed by atoms with E-state index in [0.717, 1.165) is 30.7 Å². The van der Waals surface area contributed by atoms with Crippen molar-refractivity contribution in [2.24, 2.45) is 5.92 Å². The zero-order valence-corrected chi connectivity index (χ0v) is 13.3. The third kappa shape index (κ3) is 4.72. The van der Waals surface area contributed by atoms with Gasteiger partial charge in [-0.3, -0.25) is 24.0 Å². The van der Waals surface area contributed by atoms with E-state index in [4.69, 9.17) is 4.84 Å². The lowest BCUT2D eigenvalue weighted by Crippen LogP contribution is -2.38. The Morgan fingerprint density at radius 1 is 1.22 bits per heavy atom. The SMILES string of the molecule is CN(CC1CCC(ON2C(=O)CCC2=O)CC1)C(=O)/C=C\C=O. The molecule has 7 heteroatoms. The van der Waals surface area contributed by atoms with Crippen molar-refractivity contribution in [2.75, 3.05) is 13.6 Å². The van der Waals surface area contributed by atoms with Crippen molar-refractivity contribution >= 4 is 24.0 Å². The Hall–Kier alpha value is -2.02. The fourth-order valence-electron chi connectivity index (χ4n) is 2.97. The summed E-state index contributed by atoms with van der Waals surface area (Å²) in [6.07, 6.45) is 6.63. The van der Waals surface area contributed by atoms with E-state index in [9.17, 15) is 19.2 Å². The lowest BCUT2D eigenvalue weighted by atomic mass is 9.87. The highest BCUT2D eigenvalue weighted by molar-refractivity contribution is 6.00. The van der Waals surface area contributed by atoms with Crippen molar-refractivity contribution in [1.29, 1.82) is 0 Å². The second-order valence-electron chi connectivity index (χ2n) is 6.04. The molecule has 126 valence electrons. The number of aldehydes is 1. The molecule has 3 amide bonds. The molecule has 23 heavy (non-hydrogen) atoms. The van der Waals surface area contributed by atoms with Crippen molar-refractivity contribution in [3.63, 3.8) is 0 Å². The van der Waals surface area contributed by atoms with Crippen LogP contribution in [0.15, 0.2) is 12.2 Å². The fourth-order valence-corrected chi connectivity index (χ4v) is 2.97. The third-order valence-corrected chi connectivity index (χ3v) is 4.28. The molecule has 1 saturated carbocycles. The third-order valence-electron chi connectivity index (χ3n) is 4.28. The minimum absolute atomic E-state index is 0.117. The second kappa shape index (κ2) is 8.01. The van der Waals surface area contributed by atoms with Crippen LogP contribution in [0.25, 0.3) is 0 Å². The number of allylic oxidation sites excluding steroid dienone is 1. The zero-order chi connectivity index (χ0) is 16.8. The van der Waals surface area contributed by atoms with Crippen LogP contribution < -0.4 is 0 Å². The van der Waals surface area contributed by atoms with Gasteiger partial charge in [-0.05, 0) is 37.7 Å². The molecule has 1 aliphatic carbocycles. The Kier molecular flexibility index (Phi) is 6.04. The number of carbonyl (C=O) groups is 4. The van der Waals surface area contributed by atoms with E-state index in [1.165, 1.54) is 12.2 Å². The zero-order valence-electron chi connectivity index (χ0n) is 13.3. The predicted octanol–water partition coefficient (Wildman–Crippen LogP) is 0.839. The Bertz CT molecular complexity index is 493. The van der Waals surface area contributed by atoms with E-state index < -0.39 is 0 Å². The van der Waals surface area contributed by atoms with Crippen LogP contribution in [0.1, 0.15) is 38.5 Å². The van der Waals surface area contributed by atoms with Crippen molar-refractivity contribution in [3.8, 4) is 0 Å². The van der Waals surface area contributed by atoms with Crippen molar-refractivity contribution in [2.45, 2.75) is 44.6 Å². The van der Waals surface area contributed by atoms with Crippen LogP contribution in [0.5, 0.6) is 0 Å². The first-order valence-corrected chi connectivity index (χ1v) is 7.90. The molecule has 0 radical (unpaired) electrons. The molecular formula is C16H22N2O5. The molecule has 2 aliphatic rings. The predicted molar refractivity (Wildman–Crippen MR) is 80.8 cm³/mol. The molecule has 0 aromatic heterocycles. The molecule has 7 nitrogen and oxygen atoms in total. The fraction of sp³-hybridized carbons (Fsp3) is 0.625. The number of hydrogen-bond acceptors (Lipinski definition) is 5. The summed E-state index contributed by atoms with van der Waals surface area (Å²) in [5.41, 5.74) is 0. The molecule has 0 atom stereocenters. The highest BCUT2D eigenvalue weighted by atomic mass is 16.7. The number of hydrogen-bond donors (Lipinski definition) is 0. The standard InChI is InChI=1S/C16H22N2O5/c1-17(14(20)3-2-10-19)11-12-4-6-13(7-5-12)23-18-15(21)8-9-16(18)22/h2-3,10,12-13H,4-9,11H2,1H3/b3-2-. The molecule has 0 bridgehead atoms. The lowest BCUT2D eigenvalue weighted by molar-refractivity contribution is -0.207. The number of rotatable bonds is 6. The number of likely N-dealkylation sites (N-methyl/N-ethyl adjacent to an activating group) is 1. The van der Waals surface area contributed by atoms with Crippen molar-refractivity contribution in [1.82, 2.24) is 9.96 Å². The maximum atomic E-state index is 11.7. The van der Waals surface area contributed by atoms with Crippen LogP contribution in [0.4, 0.5) is 0 Å². The Balaban J connectivity index is 1.74. The van der Waals surface area contributed by atoms with Crippen LogP contribution >= 0.6 is 0 Å². The molecule has 0 unspecified atom stereocenters. The smallest absolute Gasteiger partial charge is 0.254 e. The summed E-state index contributed by atoms with van der Waals surface area (Å²) in [4.78, 5) is 52.1. The average Bonchev–Trinajstić information content (AvgIpc) is 2.86. The summed E-state index contributed by atoms with van der Waals surface area (Å²) in [7, 11) is 1.71. The summed E-state index contributed by atoms with van der Waals surface area (Å²) < 4.78 is 0. The topological polar surface area (TPSA) is 84.0 Å². The minimum atomic E-state index is -0.260. The van der Waals surface area contributed by atoms with Gasteiger partial charge >= 0.3 is 0 Å². The summed E-state index contributed by atoms with van der Waals surface area (Å²) >= 11 is 0. The molecule has 1 saturated heterocycles. The summed E-state index contributed by atoms with van der Waals surface area (Å²) in [6, 6.07) is 0. The number of amides is 3. The Morgan fingerprint density at radius 3 is 2.39 bits per heavy atom. The van der Waals surface area contributed by atoms with Gasteiger partial charge in [0.1, 0.15) is 6.29 Å². The van der Waals surface area contributed by atoms with Crippen LogP contribution in [-0.4, -0.2) is 53.7 Å². The highest BCUT2D eigenvalue weighted by Gasteiger charge is 2.34. The number of carbonyl (C=O) groups excluding carboxylic acids is 4. The van der Waals surface area contributed by atoms with Crippen LogP contribution in [0.3, 0.4) is 0 Å². The summed E-state index contributed by atoms with van der Waals surface area (Å²) in [6.45, 7) is 0.621. The quantitative estimate of drug-likeness (QED) is 0.411. The van der Waals surface area contributed by atoms with Gasteiger partial charge in [0, 0.05) is 32.5 Å². The minimum Gasteiger partial charge on any atom is -0.342 e. The van der Waals surface area contributed by atoms with Crippen LogP contribution in [0, 0.1) is 5.92 Å². The van der Waals surface area contributed by atoms with Gasteiger partial charge in [-0.2, -0.15) is 5.06 Å². The van der Waals surface area contributed by atoms with E-state index in [1.807, 2.05) is 0 Å². The molecule has 0 spiro atoms. The van der Waals surface area contributed by atoms with E-state index in [-0.39, 0.29) is 36.7 Å².